The van der Waals surface area contributed by atoms with Crippen molar-refractivity contribution in [3.63, 3.8) is 0 Å². The zero-order valence-corrected chi connectivity index (χ0v) is 28.1. The van der Waals surface area contributed by atoms with E-state index in [1.807, 2.05) is 19.2 Å². The number of hydrazine groups is 1. The quantitative estimate of drug-likeness (QED) is 0.0556. The van der Waals surface area contributed by atoms with Gasteiger partial charge < -0.3 is 14.0 Å². The molecule has 0 bridgehead atoms. The summed E-state index contributed by atoms with van der Waals surface area (Å²) in [5.74, 6) is 0.464. The highest BCUT2D eigenvalue weighted by Gasteiger charge is 2.29. The normalized spacial score (nSPS) is 12.4. The van der Waals surface area contributed by atoms with E-state index in [0.29, 0.717) is 19.4 Å². The number of unbranched alkanes of at least 4 members (excludes halogenated alkanes) is 3. The van der Waals surface area contributed by atoms with Crippen molar-refractivity contribution in [2.75, 3.05) is 20.3 Å². The van der Waals surface area contributed by atoms with Crippen molar-refractivity contribution in [2.24, 2.45) is 5.41 Å². The first-order valence-corrected chi connectivity index (χ1v) is 16.5. The monoisotopic (exact) mass is 634 g/mol. The van der Waals surface area contributed by atoms with Crippen LogP contribution in [-0.4, -0.2) is 51.5 Å². The number of carbonyl (C=O) groups is 2. The van der Waals surface area contributed by atoms with Crippen LogP contribution in [0.2, 0.25) is 0 Å². The number of esters is 1. The van der Waals surface area contributed by atoms with Crippen LogP contribution in [0.1, 0.15) is 82.7 Å². The highest BCUT2D eigenvalue weighted by Crippen LogP contribution is 2.41. The molecule has 242 valence electrons. The van der Waals surface area contributed by atoms with E-state index in [0.717, 1.165) is 89.4 Å². The number of ether oxygens (including phenoxy) is 2. The van der Waals surface area contributed by atoms with E-state index in [1.165, 1.54) is 24.0 Å². The number of nitrogens with one attached hydrogen (secondary N) is 2. The average Bonchev–Trinajstić information content (AvgIpc) is 3.63. The molecule has 0 saturated heterocycles. The van der Waals surface area contributed by atoms with Crippen molar-refractivity contribution in [3.05, 3.63) is 52.8 Å². The van der Waals surface area contributed by atoms with E-state index >= 15 is 0 Å². The highest BCUT2D eigenvalue weighted by molar-refractivity contribution is 7.05. The largest absolute Gasteiger partial charge is 0.465 e. The Balaban J connectivity index is 1.70. The summed E-state index contributed by atoms with van der Waals surface area (Å²) in [5.41, 5.74) is 11.3. The predicted molar refractivity (Wildman–Crippen MR) is 179 cm³/mol. The topological polar surface area (TPSA) is 120 Å². The number of amides is 1. The fraction of sp³-hybridized carbons (Fsp3) is 0.500. The van der Waals surface area contributed by atoms with E-state index in [4.69, 9.17) is 23.8 Å². The van der Waals surface area contributed by atoms with Gasteiger partial charge in [-0.05, 0) is 80.5 Å². The second kappa shape index (κ2) is 16.1. The van der Waals surface area contributed by atoms with Gasteiger partial charge in [-0.15, -0.1) is 0 Å². The van der Waals surface area contributed by atoms with E-state index in [-0.39, 0.29) is 17.5 Å². The van der Waals surface area contributed by atoms with E-state index in [2.05, 4.69) is 60.5 Å². The molecule has 1 atom stereocenters. The second-order valence-corrected chi connectivity index (χ2v) is 12.9. The lowest BCUT2D eigenvalue weighted by molar-refractivity contribution is -0.143. The molecule has 4 aromatic rings. The van der Waals surface area contributed by atoms with E-state index in [1.54, 1.807) is 7.11 Å². The van der Waals surface area contributed by atoms with Crippen molar-refractivity contribution in [1.29, 1.82) is 0 Å². The number of hydrogen-bond acceptors (Lipinski definition) is 9. The van der Waals surface area contributed by atoms with Gasteiger partial charge >= 0.3 is 5.97 Å². The smallest absolute Gasteiger partial charge is 0.302 e. The molecule has 0 aliphatic rings. The molecule has 10 nitrogen and oxygen atoms in total. The molecule has 3 aromatic heterocycles. The lowest BCUT2D eigenvalue weighted by Crippen LogP contribution is -2.30. The van der Waals surface area contributed by atoms with Crippen molar-refractivity contribution < 1.29 is 19.1 Å². The number of fused-ring (bicyclic) bond motifs is 1. The van der Waals surface area contributed by atoms with Crippen molar-refractivity contribution in [1.82, 2.24) is 29.8 Å². The minimum Gasteiger partial charge on any atom is -0.465 e. The molecule has 0 aliphatic heterocycles. The molecule has 4 rings (SSSR count). The molecule has 2 N–H and O–H groups in total. The first kappa shape index (κ1) is 34.2. The Kier molecular flexibility index (Phi) is 12.2. The van der Waals surface area contributed by atoms with Crippen molar-refractivity contribution in [3.8, 4) is 22.6 Å². The first-order valence-electron chi connectivity index (χ1n) is 15.7. The van der Waals surface area contributed by atoms with E-state index < -0.39 is 0 Å². The number of methoxy groups -OCH3 is 1. The molecule has 0 saturated carbocycles. The van der Waals surface area contributed by atoms with Gasteiger partial charge in [0.25, 0.3) is 0 Å². The average molecular weight is 635 g/mol. The van der Waals surface area contributed by atoms with Crippen LogP contribution in [0.15, 0.2) is 36.5 Å². The molecular weight excluding hydrogens is 588 g/mol. The molecule has 0 aliphatic carbocycles. The minimum absolute atomic E-state index is 0.184. The number of pyridine rings is 1. The number of aromatic nitrogens is 4. The fourth-order valence-corrected chi connectivity index (χ4v) is 6.39. The summed E-state index contributed by atoms with van der Waals surface area (Å²) < 4.78 is 18.3. The molecule has 1 amide bonds. The first-order chi connectivity index (χ1) is 21.7. The third-order valence-electron chi connectivity index (χ3n) is 7.97. The number of aryl methyl sites for hydroxylation is 2. The Labute approximate surface area is 270 Å². The summed E-state index contributed by atoms with van der Waals surface area (Å²) in [7, 11) is 1.70. The maximum absolute atomic E-state index is 11.7. The third-order valence-corrected chi connectivity index (χ3v) is 8.74. The Bertz CT molecular complexity index is 1580. The van der Waals surface area contributed by atoms with Crippen LogP contribution in [0, 0.1) is 5.41 Å². The van der Waals surface area contributed by atoms with Crippen LogP contribution in [0.25, 0.3) is 33.5 Å². The number of nitrogens with zero attached hydrogens (tertiary/aromatic N) is 4. The standard InChI is InChI=1S/C34H46N6O4S/c1-7-40-29-16-15-25(33-38-30(45-39-33)14-10-8-9-11-18-36-37-22-41)19-27(29)28(20-34(4,5)21-44-24(3)42)32(40)26-13-12-17-35-31(26)23(2)43-6/h12-13,15-17,19,22-23,36H,7-11,14,18,20-21H2,1-6H3,(H,37,41). The number of carbonyl (C=O) groups excluding carboxylic acids is 2. The Hall–Kier alpha value is -3.67. The predicted octanol–water partition coefficient (Wildman–Crippen LogP) is 6.43. The zero-order chi connectivity index (χ0) is 32.4. The lowest BCUT2D eigenvalue weighted by atomic mass is 9.84. The summed E-state index contributed by atoms with van der Waals surface area (Å²) in [6.45, 7) is 11.7. The van der Waals surface area contributed by atoms with Crippen molar-refractivity contribution in [2.45, 2.75) is 85.8 Å². The number of hydrogen-bond donors (Lipinski definition) is 2. The molecule has 1 unspecified atom stereocenters. The maximum Gasteiger partial charge on any atom is 0.302 e. The van der Waals surface area contributed by atoms with E-state index in [9.17, 15) is 9.59 Å². The van der Waals surface area contributed by atoms with Gasteiger partial charge in [0.2, 0.25) is 6.41 Å². The van der Waals surface area contributed by atoms with Crippen molar-refractivity contribution >= 4 is 34.8 Å². The molecule has 3 heterocycles. The third kappa shape index (κ3) is 8.74. The molecule has 0 spiro atoms. The summed E-state index contributed by atoms with van der Waals surface area (Å²) in [5, 5.41) is 2.17. The molecule has 0 radical (unpaired) electrons. The molecule has 0 fully saturated rings. The fourth-order valence-electron chi connectivity index (χ4n) is 5.69. The summed E-state index contributed by atoms with van der Waals surface area (Å²) in [6.07, 6.45) is 8.10. The summed E-state index contributed by atoms with van der Waals surface area (Å²) >= 11 is 1.47. The van der Waals surface area contributed by atoms with Crippen LogP contribution in [0.5, 0.6) is 0 Å². The number of benzene rings is 1. The Morgan fingerprint density at radius 1 is 1.18 bits per heavy atom. The second-order valence-electron chi connectivity index (χ2n) is 12.1. The molecule has 11 heteroatoms. The van der Waals surface area contributed by atoms with Gasteiger partial charge in [-0.25, -0.2) is 10.4 Å². The Morgan fingerprint density at radius 3 is 2.71 bits per heavy atom. The number of rotatable bonds is 18. The lowest BCUT2D eigenvalue weighted by Gasteiger charge is -2.25. The highest BCUT2D eigenvalue weighted by atomic mass is 32.1. The maximum atomic E-state index is 11.7. The molecule has 1 aromatic carbocycles. The van der Waals surface area contributed by atoms with Gasteiger partial charge in [-0.2, -0.15) is 4.37 Å². The van der Waals surface area contributed by atoms with Gasteiger partial charge in [-0.1, -0.05) is 26.7 Å². The van der Waals surface area contributed by atoms with Gasteiger partial charge in [0, 0.05) is 67.2 Å². The van der Waals surface area contributed by atoms with Gasteiger partial charge in [0.15, 0.2) is 5.82 Å². The minimum atomic E-state index is -0.314. The van der Waals surface area contributed by atoms with Crippen LogP contribution >= 0.6 is 11.5 Å². The summed E-state index contributed by atoms with van der Waals surface area (Å²) in [6, 6.07) is 10.6. The van der Waals surface area contributed by atoms with Gasteiger partial charge in [0.05, 0.1) is 24.1 Å². The molecular formula is C34H46N6O4S. The van der Waals surface area contributed by atoms with Crippen LogP contribution in [-0.2, 0) is 38.4 Å². The SMILES string of the molecule is CCn1c(-c2cccnc2C(C)OC)c(CC(C)(C)COC(C)=O)c2cc(-c3nsc(CCCCCCNNC=O)n3)ccc21. The van der Waals surface area contributed by atoms with Crippen LogP contribution in [0.4, 0.5) is 0 Å². The van der Waals surface area contributed by atoms with Gasteiger partial charge in [0.1, 0.15) is 5.01 Å². The molecule has 45 heavy (non-hydrogen) atoms. The zero-order valence-electron chi connectivity index (χ0n) is 27.3. The van der Waals surface area contributed by atoms with Crippen LogP contribution in [0.3, 0.4) is 0 Å². The van der Waals surface area contributed by atoms with Gasteiger partial charge in [-0.3, -0.25) is 20.0 Å². The van der Waals surface area contributed by atoms with Crippen LogP contribution < -0.4 is 10.9 Å². The Morgan fingerprint density at radius 2 is 1.98 bits per heavy atom. The summed E-state index contributed by atoms with van der Waals surface area (Å²) in [4.78, 5) is 31.7.